The maximum Gasteiger partial charge on any atom is 0.253 e. The zero-order chi connectivity index (χ0) is 19.5. The van der Waals surface area contributed by atoms with Crippen molar-refractivity contribution in [3.8, 4) is 6.07 Å². The minimum absolute atomic E-state index is 0.00350. The van der Waals surface area contributed by atoms with Gasteiger partial charge in [0, 0.05) is 37.3 Å². The molecule has 0 saturated carbocycles. The Hall–Kier alpha value is -3.65. The van der Waals surface area contributed by atoms with Gasteiger partial charge in [0.15, 0.2) is 0 Å². The Balaban J connectivity index is 1.42. The Labute approximate surface area is 163 Å². The summed E-state index contributed by atoms with van der Waals surface area (Å²) in [6.45, 7) is 2.01. The lowest BCUT2D eigenvalue weighted by molar-refractivity contribution is 0.0535. The highest BCUT2D eigenvalue weighted by Gasteiger charge is 2.25. The van der Waals surface area contributed by atoms with Crippen molar-refractivity contribution in [2.75, 3.05) is 26.2 Å². The molecule has 1 heterocycles. The lowest BCUT2D eigenvalue weighted by Crippen LogP contribution is -2.50. The van der Waals surface area contributed by atoms with E-state index in [-0.39, 0.29) is 11.8 Å². The molecule has 0 radical (unpaired) electrons. The van der Waals surface area contributed by atoms with Crippen molar-refractivity contribution in [3.63, 3.8) is 0 Å². The average Bonchev–Trinajstić information content (AvgIpc) is 2.78. The summed E-state index contributed by atoms with van der Waals surface area (Å²) in [6, 6.07) is 22.4. The number of benzene rings is 3. The number of rotatable bonds is 2. The highest BCUT2D eigenvalue weighted by atomic mass is 16.2. The highest BCUT2D eigenvalue weighted by molar-refractivity contribution is 5.99. The van der Waals surface area contributed by atoms with E-state index in [2.05, 4.69) is 0 Å². The molecule has 0 atom stereocenters. The van der Waals surface area contributed by atoms with Gasteiger partial charge in [0.1, 0.15) is 0 Å². The normalized spacial score (nSPS) is 14.0. The Morgan fingerprint density at radius 2 is 1.25 bits per heavy atom. The van der Waals surface area contributed by atoms with Gasteiger partial charge >= 0.3 is 0 Å². The molecule has 28 heavy (non-hydrogen) atoms. The first-order chi connectivity index (χ1) is 13.7. The van der Waals surface area contributed by atoms with Crippen molar-refractivity contribution in [3.05, 3.63) is 83.4 Å². The van der Waals surface area contributed by atoms with Crippen molar-refractivity contribution in [1.82, 2.24) is 9.80 Å². The third-order valence-electron chi connectivity index (χ3n) is 5.11. The first-order valence-corrected chi connectivity index (χ1v) is 9.23. The minimum atomic E-state index is -0.0673. The summed E-state index contributed by atoms with van der Waals surface area (Å²) in [6.07, 6.45) is 0. The van der Waals surface area contributed by atoms with Gasteiger partial charge in [-0.25, -0.2) is 0 Å². The van der Waals surface area contributed by atoms with Gasteiger partial charge in [0.05, 0.1) is 11.6 Å². The number of amides is 2. The van der Waals surface area contributed by atoms with Gasteiger partial charge in [-0.15, -0.1) is 0 Å². The molecule has 138 valence electrons. The standard InChI is InChI=1S/C23H19N3O2/c24-16-17-5-7-19(8-6-17)22(27)25-11-13-26(14-12-25)23(28)21-10-9-18-3-1-2-4-20(18)15-21/h1-10,15H,11-14H2. The van der Waals surface area contributed by atoms with E-state index in [1.54, 1.807) is 34.1 Å². The molecule has 1 aliphatic heterocycles. The van der Waals surface area contributed by atoms with Crippen LogP contribution in [0.15, 0.2) is 66.7 Å². The second-order valence-electron chi connectivity index (χ2n) is 6.84. The van der Waals surface area contributed by atoms with Crippen LogP contribution >= 0.6 is 0 Å². The SMILES string of the molecule is N#Cc1ccc(C(=O)N2CCN(C(=O)c3ccc4ccccc4c3)CC2)cc1. The Kier molecular flexibility index (Phi) is 4.77. The molecule has 1 aliphatic rings. The number of nitrogens with zero attached hydrogens (tertiary/aromatic N) is 3. The van der Waals surface area contributed by atoms with Crippen LogP contribution in [-0.4, -0.2) is 47.8 Å². The summed E-state index contributed by atoms with van der Waals surface area (Å²) in [4.78, 5) is 29.0. The van der Waals surface area contributed by atoms with Crippen molar-refractivity contribution in [1.29, 1.82) is 5.26 Å². The first kappa shape index (κ1) is 17.7. The number of nitriles is 1. The zero-order valence-corrected chi connectivity index (χ0v) is 15.3. The average molecular weight is 369 g/mol. The molecule has 5 nitrogen and oxygen atoms in total. The second-order valence-corrected chi connectivity index (χ2v) is 6.84. The number of hydrogen-bond acceptors (Lipinski definition) is 3. The van der Waals surface area contributed by atoms with E-state index in [1.165, 1.54) is 0 Å². The number of carbonyl (C=O) groups excluding carboxylic acids is 2. The molecule has 3 aromatic rings. The number of fused-ring (bicyclic) bond motifs is 1. The van der Waals surface area contributed by atoms with E-state index in [4.69, 9.17) is 5.26 Å². The monoisotopic (exact) mass is 369 g/mol. The van der Waals surface area contributed by atoms with E-state index in [0.29, 0.717) is 42.9 Å². The molecule has 0 aromatic heterocycles. The predicted molar refractivity (Wildman–Crippen MR) is 107 cm³/mol. The molecule has 4 rings (SSSR count). The molecule has 0 aliphatic carbocycles. The predicted octanol–water partition coefficient (Wildman–Crippen LogP) is 3.31. The number of carbonyl (C=O) groups is 2. The van der Waals surface area contributed by atoms with Gasteiger partial charge in [-0.2, -0.15) is 5.26 Å². The fourth-order valence-electron chi connectivity index (χ4n) is 3.49. The Morgan fingerprint density at radius 1 is 0.714 bits per heavy atom. The molecule has 0 unspecified atom stereocenters. The molecular formula is C23H19N3O2. The summed E-state index contributed by atoms with van der Waals surface area (Å²) in [5.74, 6) is -0.0708. The van der Waals surface area contributed by atoms with Crippen LogP contribution in [0.1, 0.15) is 26.3 Å². The minimum Gasteiger partial charge on any atom is -0.335 e. The van der Waals surface area contributed by atoms with Gasteiger partial charge < -0.3 is 9.80 Å². The van der Waals surface area contributed by atoms with Crippen molar-refractivity contribution < 1.29 is 9.59 Å². The van der Waals surface area contributed by atoms with E-state index in [9.17, 15) is 9.59 Å². The second kappa shape index (κ2) is 7.53. The molecule has 3 aromatic carbocycles. The summed E-state index contributed by atoms with van der Waals surface area (Å²) >= 11 is 0. The Morgan fingerprint density at radius 3 is 1.86 bits per heavy atom. The van der Waals surface area contributed by atoms with Crippen LogP contribution in [0.4, 0.5) is 0 Å². The third kappa shape index (κ3) is 3.45. The van der Waals surface area contributed by atoms with Gasteiger partial charge in [-0.1, -0.05) is 30.3 Å². The number of piperazine rings is 1. The molecule has 0 bridgehead atoms. The van der Waals surface area contributed by atoms with E-state index < -0.39 is 0 Å². The van der Waals surface area contributed by atoms with E-state index >= 15 is 0 Å². The maximum atomic E-state index is 12.9. The molecule has 2 amide bonds. The van der Waals surface area contributed by atoms with Crippen LogP contribution < -0.4 is 0 Å². The fourth-order valence-corrected chi connectivity index (χ4v) is 3.49. The van der Waals surface area contributed by atoms with Gasteiger partial charge in [0.25, 0.3) is 11.8 Å². The van der Waals surface area contributed by atoms with Crippen LogP contribution in [0.2, 0.25) is 0 Å². The van der Waals surface area contributed by atoms with E-state index in [0.717, 1.165) is 10.8 Å². The third-order valence-corrected chi connectivity index (χ3v) is 5.11. The summed E-state index contributed by atoms with van der Waals surface area (Å²) < 4.78 is 0. The quantitative estimate of drug-likeness (QED) is 0.696. The van der Waals surface area contributed by atoms with Crippen LogP contribution in [-0.2, 0) is 0 Å². The molecule has 5 heteroatoms. The molecular weight excluding hydrogens is 350 g/mol. The molecule has 1 saturated heterocycles. The lowest BCUT2D eigenvalue weighted by atomic mass is 10.1. The molecule has 0 N–H and O–H groups in total. The highest BCUT2D eigenvalue weighted by Crippen LogP contribution is 2.18. The Bertz CT molecular complexity index is 1070. The zero-order valence-electron chi connectivity index (χ0n) is 15.3. The van der Waals surface area contributed by atoms with E-state index in [1.807, 2.05) is 48.5 Å². The first-order valence-electron chi connectivity index (χ1n) is 9.23. The molecule has 1 fully saturated rings. The smallest absolute Gasteiger partial charge is 0.253 e. The van der Waals surface area contributed by atoms with Crippen LogP contribution in [0.5, 0.6) is 0 Å². The lowest BCUT2D eigenvalue weighted by Gasteiger charge is -2.35. The van der Waals surface area contributed by atoms with Crippen molar-refractivity contribution in [2.45, 2.75) is 0 Å². The van der Waals surface area contributed by atoms with Crippen LogP contribution in [0.3, 0.4) is 0 Å². The molecule has 0 spiro atoms. The summed E-state index contributed by atoms with van der Waals surface area (Å²) in [7, 11) is 0. The maximum absolute atomic E-state index is 12.9. The summed E-state index contributed by atoms with van der Waals surface area (Å²) in [5.41, 5.74) is 1.77. The van der Waals surface area contributed by atoms with Crippen LogP contribution in [0.25, 0.3) is 10.8 Å². The van der Waals surface area contributed by atoms with Crippen LogP contribution in [0, 0.1) is 11.3 Å². The largest absolute Gasteiger partial charge is 0.335 e. The van der Waals surface area contributed by atoms with Crippen molar-refractivity contribution >= 4 is 22.6 Å². The van der Waals surface area contributed by atoms with Gasteiger partial charge in [0.2, 0.25) is 0 Å². The van der Waals surface area contributed by atoms with Gasteiger partial charge in [-0.05, 0) is 47.2 Å². The fraction of sp³-hybridized carbons (Fsp3) is 0.174. The topological polar surface area (TPSA) is 64.4 Å². The van der Waals surface area contributed by atoms with Gasteiger partial charge in [-0.3, -0.25) is 9.59 Å². The summed E-state index contributed by atoms with van der Waals surface area (Å²) in [5, 5.41) is 11.0. The number of hydrogen-bond donors (Lipinski definition) is 0. The van der Waals surface area contributed by atoms with Crippen molar-refractivity contribution in [2.24, 2.45) is 0 Å².